The fraction of sp³-hybridized carbons (Fsp3) is 0.538. The topological polar surface area (TPSA) is 37.4 Å². The summed E-state index contributed by atoms with van der Waals surface area (Å²) in [4.78, 5) is -0.297. The predicted molar refractivity (Wildman–Crippen MR) is 78.0 cm³/mol. The van der Waals surface area contributed by atoms with Crippen LogP contribution in [0.2, 0.25) is 0 Å². The van der Waals surface area contributed by atoms with Crippen molar-refractivity contribution >= 4 is 26.0 Å². The summed E-state index contributed by atoms with van der Waals surface area (Å²) in [6, 6.07) is 3.70. The summed E-state index contributed by atoms with van der Waals surface area (Å²) in [5, 5.41) is 0. The van der Waals surface area contributed by atoms with Crippen molar-refractivity contribution in [1.82, 2.24) is 4.31 Å². The second kappa shape index (κ2) is 5.50. The third-order valence-corrected chi connectivity index (χ3v) is 5.80. The van der Waals surface area contributed by atoms with E-state index in [4.69, 9.17) is 0 Å². The molecule has 1 rings (SSSR count). The summed E-state index contributed by atoms with van der Waals surface area (Å²) in [6.45, 7) is 7.65. The number of benzene rings is 1. The highest BCUT2D eigenvalue weighted by Crippen LogP contribution is 2.29. The Hall–Kier alpha value is -0.460. The molecule has 3 nitrogen and oxygen atoms in total. The van der Waals surface area contributed by atoms with Gasteiger partial charge in [-0.25, -0.2) is 12.8 Å². The molecule has 1 aromatic carbocycles. The van der Waals surface area contributed by atoms with Crippen LogP contribution >= 0.6 is 15.9 Å². The van der Waals surface area contributed by atoms with Gasteiger partial charge in [0.05, 0.1) is 0 Å². The van der Waals surface area contributed by atoms with E-state index < -0.39 is 15.8 Å². The summed E-state index contributed by atoms with van der Waals surface area (Å²) in [7, 11) is -2.35. The first-order chi connectivity index (χ1) is 8.48. The maximum Gasteiger partial charge on any atom is 0.245 e. The van der Waals surface area contributed by atoms with Gasteiger partial charge in [0.25, 0.3) is 0 Å². The molecular formula is C13H19BrFNO2S. The molecule has 108 valence electrons. The molecule has 1 aromatic rings. The summed E-state index contributed by atoms with van der Waals surface area (Å²) in [5.74, 6) is -0.748. The van der Waals surface area contributed by atoms with Crippen LogP contribution in [0.25, 0.3) is 0 Å². The molecule has 19 heavy (non-hydrogen) atoms. The number of hydrogen-bond donors (Lipinski definition) is 0. The van der Waals surface area contributed by atoms with Crippen LogP contribution in [0.4, 0.5) is 4.39 Å². The molecule has 0 saturated heterocycles. The van der Waals surface area contributed by atoms with E-state index in [0.717, 1.165) is 6.07 Å². The SMILES string of the molecule is CC(N(C)S(=O)(=O)c1ccc(Br)cc1F)C(C)(C)C. The number of nitrogens with zero attached hydrogens (tertiary/aromatic N) is 1. The van der Waals surface area contributed by atoms with Crippen molar-refractivity contribution in [3.63, 3.8) is 0 Å². The fourth-order valence-electron chi connectivity index (χ4n) is 1.59. The van der Waals surface area contributed by atoms with Crippen molar-refractivity contribution in [2.75, 3.05) is 7.05 Å². The van der Waals surface area contributed by atoms with Crippen molar-refractivity contribution < 1.29 is 12.8 Å². The Morgan fingerprint density at radius 3 is 2.26 bits per heavy atom. The van der Waals surface area contributed by atoms with Crippen molar-refractivity contribution in [2.24, 2.45) is 5.41 Å². The molecular weight excluding hydrogens is 333 g/mol. The molecule has 0 aliphatic heterocycles. The Labute approximate surface area is 123 Å². The molecule has 0 heterocycles. The van der Waals surface area contributed by atoms with Gasteiger partial charge < -0.3 is 0 Å². The molecule has 1 unspecified atom stereocenters. The van der Waals surface area contributed by atoms with Crippen molar-refractivity contribution in [3.05, 3.63) is 28.5 Å². The van der Waals surface area contributed by atoms with E-state index in [0.29, 0.717) is 4.47 Å². The molecule has 0 aliphatic carbocycles. The highest BCUT2D eigenvalue weighted by atomic mass is 79.9. The molecule has 0 bridgehead atoms. The Bertz CT molecular complexity index is 566. The van der Waals surface area contributed by atoms with Crippen LogP contribution < -0.4 is 0 Å². The lowest BCUT2D eigenvalue weighted by molar-refractivity contribution is 0.216. The lowest BCUT2D eigenvalue weighted by Gasteiger charge is -2.34. The highest BCUT2D eigenvalue weighted by Gasteiger charge is 2.33. The van der Waals surface area contributed by atoms with Crippen molar-refractivity contribution in [1.29, 1.82) is 0 Å². The maximum atomic E-state index is 13.8. The first-order valence-corrected chi connectivity index (χ1v) is 8.14. The number of rotatable bonds is 3. The van der Waals surface area contributed by atoms with Gasteiger partial charge in [-0.2, -0.15) is 4.31 Å². The van der Waals surface area contributed by atoms with Gasteiger partial charge in [0.15, 0.2) is 0 Å². The van der Waals surface area contributed by atoms with Gasteiger partial charge in [0.1, 0.15) is 10.7 Å². The lowest BCUT2D eigenvalue weighted by atomic mass is 9.88. The second-order valence-electron chi connectivity index (χ2n) is 5.64. The van der Waals surface area contributed by atoms with Crippen LogP contribution in [0.5, 0.6) is 0 Å². The van der Waals surface area contributed by atoms with Gasteiger partial charge in [-0.3, -0.25) is 0 Å². The summed E-state index contributed by atoms with van der Waals surface area (Å²) in [5.41, 5.74) is -0.229. The lowest BCUT2D eigenvalue weighted by Crippen LogP contribution is -2.43. The van der Waals surface area contributed by atoms with Gasteiger partial charge in [-0.15, -0.1) is 0 Å². The third-order valence-electron chi connectivity index (χ3n) is 3.35. The number of sulfonamides is 1. The molecule has 0 radical (unpaired) electrons. The Morgan fingerprint density at radius 1 is 1.32 bits per heavy atom. The van der Waals surface area contributed by atoms with Gasteiger partial charge >= 0.3 is 0 Å². The molecule has 0 amide bonds. The van der Waals surface area contributed by atoms with Gasteiger partial charge in [0, 0.05) is 17.6 Å². The van der Waals surface area contributed by atoms with Crippen LogP contribution in [0.1, 0.15) is 27.7 Å². The predicted octanol–water partition coefficient (Wildman–Crippen LogP) is 3.64. The summed E-state index contributed by atoms with van der Waals surface area (Å²) >= 11 is 3.11. The zero-order chi connectivity index (χ0) is 15.0. The van der Waals surface area contributed by atoms with Crippen LogP contribution in [0.3, 0.4) is 0 Å². The van der Waals surface area contributed by atoms with E-state index in [2.05, 4.69) is 15.9 Å². The standard InChI is InChI=1S/C13H19BrFNO2S/c1-9(13(2,3)4)16(5)19(17,18)12-7-6-10(14)8-11(12)15/h6-9H,1-5H3. The van der Waals surface area contributed by atoms with E-state index >= 15 is 0 Å². The molecule has 1 atom stereocenters. The smallest absolute Gasteiger partial charge is 0.207 e. The normalized spacial score (nSPS) is 14.7. The minimum absolute atomic E-state index is 0.229. The minimum atomic E-state index is -3.83. The van der Waals surface area contributed by atoms with Crippen LogP contribution in [-0.4, -0.2) is 25.8 Å². The Kier molecular flexibility index (Phi) is 4.80. The van der Waals surface area contributed by atoms with Crippen molar-refractivity contribution in [2.45, 2.75) is 38.6 Å². The van der Waals surface area contributed by atoms with E-state index in [1.54, 1.807) is 0 Å². The molecule has 0 aliphatic rings. The highest BCUT2D eigenvalue weighted by molar-refractivity contribution is 9.10. The number of halogens is 2. The van der Waals surface area contributed by atoms with E-state index in [9.17, 15) is 12.8 Å². The largest absolute Gasteiger partial charge is 0.245 e. The average Bonchev–Trinajstić information content (AvgIpc) is 2.25. The van der Waals surface area contributed by atoms with Gasteiger partial charge in [-0.1, -0.05) is 36.7 Å². The fourth-order valence-corrected chi connectivity index (χ4v) is 3.51. The monoisotopic (exact) mass is 351 g/mol. The molecule has 0 N–H and O–H groups in total. The first-order valence-electron chi connectivity index (χ1n) is 5.91. The van der Waals surface area contributed by atoms with Crippen LogP contribution in [-0.2, 0) is 10.0 Å². The molecule has 0 saturated carbocycles. The van der Waals surface area contributed by atoms with Crippen LogP contribution in [0.15, 0.2) is 27.6 Å². The van der Waals surface area contributed by atoms with E-state index in [-0.39, 0.29) is 16.4 Å². The average molecular weight is 352 g/mol. The molecule has 0 aromatic heterocycles. The second-order valence-corrected chi connectivity index (χ2v) is 8.52. The Morgan fingerprint density at radius 2 is 1.84 bits per heavy atom. The Balaban J connectivity index is 3.24. The van der Waals surface area contributed by atoms with Crippen LogP contribution in [0, 0.1) is 11.2 Å². The first kappa shape index (κ1) is 16.6. The quantitative estimate of drug-likeness (QED) is 0.833. The van der Waals surface area contributed by atoms with E-state index in [1.807, 2.05) is 27.7 Å². The van der Waals surface area contributed by atoms with Gasteiger partial charge in [0.2, 0.25) is 10.0 Å². The zero-order valence-electron chi connectivity index (χ0n) is 11.7. The maximum absolute atomic E-state index is 13.8. The van der Waals surface area contributed by atoms with E-state index in [1.165, 1.54) is 23.5 Å². The van der Waals surface area contributed by atoms with Gasteiger partial charge in [-0.05, 0) is 30.5 Å². The molecule has 0 spiro atoms. The summed E-state index contributed by atoms with van der Waals surface area (Å²) in [6.07, 6.45) is 0. The number of hydrogen-bond acceptors (Lipinski definition) is 2. The molecule has 6 heteroatoms. The summed E-state index contributed by atoms with van der Waals surface area (Å²) < 4.78 is 40.4. The van der Waals surface area contributed by atoms with Crippen molar-refractivity contribution in [3.8, 4) is 0 Å². The third kappa shape index (κ3) is 3.55. The minimum Gasteiger partial charge on any atom is -0.207 e. The zero-order valence-corrected chi connectivity index (χ0v) is 14.1. The molecule has 0 fully saturated rings.